The summed E-state index contributed by atoms with van der Waals surface area (Å²) in [6.07, 6.45) is 0. The van der Waals surface area contributed by atoms with Gasteiger partial charge in [0.25, 0.3) is 0 Å². The van der Waals surface area contributed by atoms with Gasteiger partial charge in [0.2, 0.25) is 0 Å². The highest BCUT2D eigenvalue weighted by Crippen LogP contribution is 2.21. The molecule has 0 aromatic heterocycles. The first kappa shape index (κ1) is 11.9. The Balaban J connectivity index is 2.24. The summed E-state index contributed by atoms with van der Waals surface area (Å²) in [5.41, 5.74) is 1.65. The molecule has 0 amide bonds. The third-order valence-corrected chi connectivity index (χ3v) is 3.04. The van der Waals surface area contributed by atoms with Gasteiger partial charge in [0.15, 0.2) is 0 Å². The number of nitrogens with zero attached hydrogens (tertiary/aromatic N) is 2. The highest BCUT2D eigenvalue weighted by molar-refractivity contribution is 5.59. The van der Waals surface area contributed by atoms with Crippen LogP contribution in [0.3, 0.4) is 0 Å². The lowest BCUT2D eigenvalue weighted by atomic mass is 10.1. The van der Waals surface area contributed by atoms with Crippen LogP contribution in [0, 0.1) is 11.3 Å². The van der Waals surface area contributed by atoms with Gasteiger partial charge < -0.3 is 15.3 Å². The van der Waals surface area contributed by atoms with E-state index < -0.39 is 0 Å². The zero-order valence-corrected chi connectivity index (χ0v) is 9.93. The van der Waals surface area contributed by atoms with Crippen molar-refractivity contribution in [3.05, 3.63) is 29.8 Å². The summed E-state index contributed by atoms with van der Waals surface area (Å²) >= 11 is 0. The van der Waals surface area contributed by atoms with Crippen LogP contribution in [0.4, 0.5) is 5.69 Å². The first-order valence-electron chi connectivity index (χ1n) is 5.85. The molecule has 1 aromatic rings. The monoisotopic (exact) mass is 231 g/mol. The van der Waals surface area contributed by atoms with Crippen LogP contribution in [0.2, 0.25) is 0 Å². The average Bonchev–Trinajstić information content (AvgIpc) is 2.37. The number of nitrogens with one attached hydrogen (secondary N) is 1. The molecule has 4 nitrogen and oxygen atoms in total. The molecule has 0 aliphatic carbocycles. The van der Waals surface area contributed by atoms with Crippen LogP contribution >= 0.6 is 0 Å². The van der Waals surface area contributed by atoms with E-state index in [2.05, 4.69) is 23.2 Å². The second kappa shape index (κ2) is 5.17. The molecule has 2 atom stereocenters. The number of aliphatic hydroxyl groups excluding tert-OH is 1. The molecule has 2 rings (SSSR count). The predicted octanol–water partition coefficient (Wildman–Crippen LogP) is 0.717. The summed E-state index contributed by atoms with van der Waals surface area (Å²) in [7, 11) is 0. The summed E-state index contributed by atoms with van der Waals surface area (Å²) in [5.74, 6) is 0. The molecule has 0 saturated carbocycles. The zero-order valence-electron chi connectivity index (χ0n) is 9.93. The highest BCUT2D eigenvalue weighted by atomic mass is 16.3. The number of nitriles is 1. The topological polar surface area (TPSA) is 59.3 Å². The summed E-state index contributed by atoms with van der Waals surface area (Å²) in [6.45, 7) is 3.80. The maximum absolute atomic E-state index is 9.25. The predicted molar refractivity (Wildman–Crippen MR) is 66.8 cm³/mol. The summed E-state index contributed by atoms with van der Waals surface area (Å²) < 4.78 is 0. The lowest BCUT2D eigenvalue weighted by Crippen LogP contribution is -2.57. The SMILES string of the molecule is CC1CN(c2ccccc2C#N)CC(CO)N1. The van der Waals surface area contributed by atoms with Gasteiger partial charge >= 0.3 is 0 Å². The van der Waals surface area contributed by atoms with E-state index >= 15 is 0 Å². The van der Waals surface area contributed by atoms with Crippen LogP contribution in [0.1, 0.15) is 12.5 Å². The van der Waals surface area contributed by atoms with Gasteiger partial charge in [0.05, 0.1) is 17.9 Å². The van der Waals surface area contributed by atoms with Gasteiger partial charge in [-0.1, -0.05) is 12.1 Å². The van der Waals surface area contributed by atoms with Crippen LogP contribution in [-0.4, -0.2) is 36.9 Å². The third kappa shape index (κ3) is 2.57. The maximum atomic E-state index is 9.25. The molecule has 1 saturated heterocycles. The third-order valence-electron chi connectivity index (χ3n) is 3.04. The number of para-hydroxylation sites is 1. The molecule has 1 fully saturated rings. The lowest BCUT2D eigenvalue weighted by molar-refractivity contribution is 0.221. The van der Waals surface area contributed by atoms with Gasteiger partial charge in [0.1, 0.15) is 6.07 Å². The van der Waals surface area contributed by atoms with Crippen LogP contribution < -0.4 is 10.2 Å². The van der Waals surface area contributed by atoms with Crippen LogP contribution in [-0.2, 0) is 0 Å². The standard InChI is InChI=1S/C13H17N3O/c1-10-7-16(8-12(9-17)15-10)13-5-3-2-4-11(13)6-14/h2-5,10,12,15,17H,7-9H2,1H3. The van der Waals surface area contributed by atoms with E-state index in [9.17, 15) is 5.11 Å². The molecule has 90 valence electrons. The molecule has 1 aromatic carbocycles. The zero-order chi connectivity index (χ0) is 12.3. The van der Waals surface area contributed by atoms with E-state index in [4.69, 9.17) is 5.26 Å². The normalized spacial score (nSPS) is 24.4. The Labute approximate surface area is 101 Å². The minimum atomic E-state index is 0.0745. The van der Waals surface area contributed by atoms with E-state index in [0.717, 1.165) is 18.8 Å². The van der Waals surface area contributed by atoms with Crippen LogP contribution in [0.5, 0.6) is 0 Å². The van der Waals surface area contributed by atoms with Gasteiger partial charge in [-0.3, -0.25) is 0 Å². The van der Waals surface area contributed by atoms with Gasteiger partial charge in [-0.25, -0.2) is 0 Å². The fraction of sp³-hybridized carbons (Fsp3) is 0.462. The Hall–Kier alpha value is -1.57. The molecule has 4 heteroatoms. The maximum Gasteiger partial charge on any atom is 0.101 e. The number of piperazine rings is 1. The van der Waals surface area contributed by atoms with E-state index in [0.29, 0.717) is 11.6 Å². The van der Waals surface area contributed by atoms with Gasteiger partial charge in [-0.2, -0.15) is 5.26 Å². The van der Waals surface area contributed by atoms with Crippen molar-refractivity contribution in [3.63, 3.8) is 0 Å². The number of rotatable bonds is 2. The molecule has 1 aliphatic rings. The largest absolute Gasteiger partial charge is 0.395 e. The lowest BCUT2D eigenvalue weighted by Gasteiger charge is -2.38. The van der Waals surface area contributed by atoms with Crippen LogP contribution in [0.15, 0.2) is 24.3 Å². The Bertz CT molecular complexity index is 427. The molecular formula is C13H17N3O. The van der Waals surface area contributed by atoms with Crippen molar-refractivity contribution in [1.82, 2.24) is 5.32 Å². The van der Waals surface area contributed by atoms with E-state index in [-0.39, 0.29) is 12.6 Å². The Morgan fingerprint density at radius 1 is 1.47 bits per heavy atom. The van der Waals surface area contributed by atoms with Crippen molar-refractivity contribution in [3.8, 4) is 6.07 Å². The average molecular weight is 231 g/mol. The fourth-order valence-electron chi connectivity index (χ4n) is 2.33. The molecule has 17 heavy (non-hydrogen) atoms. The van der Waals surface area contributed by atoms with Crippen molar-refractivity contribution in [2.24, 2.45) is 0 Å². The van der Waals surface area contributed by atoms with Crippen molar-refractivity contribution in [2.45, 2.75) is 19.0 Å². The quantitative estimate of drug-likeness (QED) is 0.787. The van der Waals surface area contributed by atoms with Gasteiger partial charge in [-0.05, 0) is 19.1 Å². The van der Waals surface area contributed by atoms with Crippen molar-refractivity contribution < 1.29 is 5.11 Å². The summed E-state index contributed by atoms with van der Waals surface area (Å²) in [4.78, 5) is 2.17. The van der Waals surface area contributed by atoms with Gasteiger partial charge in [0, 0.05) is 25.2 Å². The molecule has 1 aliphatic heterocycles. The number of hydrogen-bond donors (Lipinski definition) is 2. The molecule has 0 bridgehead atoms. The number of aliphatic hydroxyl groups is 1. The minimum absolute atomic E-state index is 0.0745. The number of benzene rings is 1. The molecule has 2 unspecified atom stereocenters. The van der Waals surface area contributed by atoms with Crippen LogP contribution in [0.25, 0.3) is 0 Å². The summed E-state index contributed by atoms with van der Waals surface area (Å²) in [5, 5.41) is 21.7. The smallest absolute Gasteiger partial charge is 0.101 e. The van der Waals surface area contributed by atoms with E-state index in [1.807, 2.05) is 24.3 Å². The number of anilines is 1. The first-order chi connectivity index (χ1) is 8.24. The van der Waals surface area contributed by atoms with Crippen molar-refractivity contribution >= 4 is 5.69 Å². The minimum Gasteiger partial charge on any atom is -0.395 e. The molecular weight excluding hydrogens is 214 g/mol. The van der Waals surface area contributed by atoms with E-state index in [1.165, 1.54) is 0 Å². The Kier molecular flexibility index (Phi) is 3.62. The van der Waals surface area contributed by atoms with Crippen molar-refractivity contribution in [1.29, 1.82) is 5.26 Å². The second-order valence-electron chi connectivity index (χ2n) is 4.48. The van der Waals surface area contributed by atoms with E-state index in [1.54, 1.807) is 0 Å². The number of hydrogen-bond acceptors (Lipinski definition) is 4. The van der Waals surface area contributed by atoms with Gasteiger partial charge in [-0.15, -0.1) is 0 Å². The molecule has 0 radical (unpaired) electrons. The summed E-state index contributed by atoms with van der Waals surface area (Å²) in [6, 6.07) is 10.2. The molecule has 2 N–H and O–H groups in total. The fourth-order valence-corrected chi connectivity index (χ4v) is 2.33. The van der Waals surface area contributed by atoms with Crippen molar-refractivity contribution in [2.75, 3.05) is 24.6 Å². The first-order valence-corrected chi connectivity index (χ1v) is 5.85. The Morgan fingerprint density at radius 2 is 2.24 bits per heavy atom. The second-order valence-corrected chi connectivity index (χ2v) is 4.48. The highest BCUT2D eigenvalue weighted by Gasteiger charge is 2.24. The molecule has 1 heterocycles. The Morgan fingerprint density at radius 3 is 2.94 bits per heavy atom. The molecule has 0 spiro atoms.